The normalized spacial score (nSPS) is 21.8. The molecule has 3 fully saturated rings. The third-order valence-corrected chi connectivity index (χ3v) is 10.7. The topological polar surface area (TPSA) is 132 Å². The van der Waals surface area contributed by atoms with E-state index in [1.54, 1.807) is 0 Å². The van der Waals surface area contributed by atoms with Crippen molar-refractivity contribution >= 4 is 40.4 Å². The maximum atomic E-state index is 13.4. The Hall–Kier alpha value is -4.79. The van der Waals surface area contributed by atoms with Crippen LogP contribution in [-0.4, -0.2) is 81.0 Å². The molecule has 1 atom stereocenters. The first-order valence-corrected chi connectivity index (χ1v) is 18.3. The van der Waals surface area contributed by atoms with Gasteiger partial charge in [0.2, 0.25) is 17.8 Å². The number of nitrogens with one attached hydrogen (secondary N) is 3. The molecule has 2 saturated heterocycles. The highest BCUT2D eigenvalue weighted by molar-refractivity contribution is 6.04. The molecule has 4 N–H and O–H groups in total. The maximum absolute atomic E-state index is 13.4. The zero-order chi connectivity index (χ0) is 37.1. The molecular weight excluding hydrogens is 687 g/mol. The van der Waals surface area contributed by atoms with E-state index in [2.05, 4.69) is 43.9 Å². The number of hydrogen-bond donors (Lipinski definition) is 4. The quantitative estimate of drug-likeness (QED) is 0.156. The number of anilines is 2. The van der Waals surface area contributed by atoms with Crippen molar-refractivity contribution < 1.29 is 32.7 Å². The molecule has 1 unspecified atom stereocenters. The lowest BCUT2D eigenvalue weighted by Crippen LogP contribution is -2.47. The number of aliphatic hydroxyl groups excluding tert-OH is 1. The molecule has 280 valence electrons. The van der Waals surface area contributed by atoms with E-state index in [0.29, 0.717) is 24.3 Å². The van der Waals surface area contributed by atoms with Crippen molar-refractivity contribution in [3.8, 4) is 0 Å². The van der Waals surface area contributed by atoms with Gasteiger partial charge in [-0.3, -0.25) is 34.8 Å². The third-order valence-electron chi connectivity index (χ3n) is 10.7. The number of imide groups is 1. The van der Waals surface area contributed by atoms with Crippen LogP contribution in [0, 0.1) is 5.92 Å². The van der Waals surface area contributed by atoms with Crippen molar-refractivity contribution in [2.45, 2.75) is 69.9 Å². The fraction of sp³-hybridized carbons (Fsp3) is 0.436. The second kappa shape index (κ2) is 15.7. The first-order chi connectivity index (χ1) is 25.5. The highest BCUT2D eigenvalue weighted by atomic mass is 19.4. The fourth-order valence-corrected chi connectivity index (χ4v) is 7.71. The van der Waals surface area contributed by atoms with Gasteiger partial charge in [-0.2, -0.15) is 13.2 Å². The Morgan fingerprint density at radius 1 is 0.868 bits per heavy atom. The average Bonchev–Trinajstić information content (AvgIpc) is 3.50. The molecule has 3 heterocycles. The molecule has 1 aliphatic carbocycles. The minimum Gasteiger partial charge on any atom is -0.396 e. The van der Waals surface area contributed by atoms with Crippen molar-refractivity contribution in [2.24, 2.45) is 5.92 Å². The monoisotopic (exact) mass is 731 g/mol. The van der Waals surface area contributed by atoms with E-state index < -0.39 is 23.7 Å². The highest BCUT2D eigenvalue weighted by Gasteiger charge is 2.32. The predicted molar refractivity (Wildman–Crippen MR) is 194 cm³/mol. The Morgan fingerprint density at radius 3 is 2.25 bits per heavy atom. The zero-order valence-electron chi connectivity index (χ0n) is 29.4. The van der Waals surface area contributed by atoms with Crippen LogP contribution >= 0.6 is 0 Å². The molecule has 0 spiro atoms. The fourth-order valence-electron chi connectivity index (χ4n) is 7.71. The molecule has 0 radical (unpaired) electrons. The number of rotatable bonds is 10. The first kappa shape index (κ1) is 36.6. The van der Waals surface area contributed by atoms with E-state index in [1.165, 1.54) is 12.1 Å². The Labute approximate surface area is 305 Å². The number of aromatic nitrogens is 2. The Kier molecular flexibility index (Phi) is 10.8. The van der Waals surface area contributed by atoms with Crippen molar-refractivity contribution in [1.82, 2.24) is 24.7 Å². The summed E-state index contributed by atoms with van der Waals surface area (Å²) in [6.45, 7) is 5.12. The van der Waals surface area contributed by atoms with Crippen LogP contribution in [0.2, 0.25) is 0 Å². The number of imidazole rings is 1. The lowest BCUT2D eigenvalue weighted by atomic mass is 9.86. The Morgan fingerprint density at radius 2 is 1.57 bits per heavy atom. The van der Waals surface area contributed by atoms with Gasteiger partial charge in [-0.25, -0.2) is 4.98 Å². The lowest BCUT2D eigenvalue weighted by Gasteiger charge is -2.35. The van der Waals surface area contributed by atoms with Gasteiger partial charge in [0.15, 0.2) is 0 Å². The lowest BCUT2D eigenvalue weighted by molar-refractivity contribution is -0.137. The van der Waals surface area contributed by atoms with Crippen LogP contribution in [0.25, 0.3) is 11.0 Å². The van der Waals surface area contributed by atoms with Gasteiger partial charge in [-0.05, 0) is 91.6 Å². The van der Waals surface area contributed by atoms with Crippen LogP contribution in [0.4, 0.5) is 24.8 Å². The summed E-state index contributed by atoms with van der Waals surface area (Å²) in [4.78, 5) is 46.6. The van der Waals surface area contributed by atoms with E-state index >= 15 is 0 Å². The summed E-state index contributed by atoms with van der Waals surface area (Å²) in [5, 5.41) is 18.2. The summed E-state index contributed by atoms with van der Waals surface area (Å²) in [5.41, 5.74) is 3.62. The number of nitrogens with zero attached hydrogens (tertiary/aromatic N) is 4. The van der Waals surface area contributed by atoms with E-state index in [-0.39, 0.29) is 35.9 Å². The third kappa shape index (κ3) is 8.72. The van der Waals surface area contributed by atoms with Gasteiger partial charge in [-0.1, -0.05) is 24.3 Å². The molecule has 7 rings (SSSR count). The molecule has 0 bridgehead atoms. The van der Waals surface area contributed by atoms with Crippen molar-refractivity contribution in [2.75, 3.05) is 43.4 Å². The maximum Gasteiger partial charge on any atom is 0.416 e. The molecular formula is C39H44F3N7O4. The van der Waals surface area contributed by atoms with Gasteiger partial charge in [0, 0.05) is 69.6 Å². The summed E-state index contributed by atoms with van der Waals surface area (Å²) in [6.07, 6.45) is -0.538. The predicted octanol–water partition coefficient (Wildman–Crippen LogP) is 5.57. The van der Waals surface area contributed by atoms with Crippen LogP contribution in [0.15, 0.2) is 66.7 Å². The largest absolute Gasteiger partial charge is 0.416 e. The van der Waals surface area contributed by atoms with E-state index in [0.717, 1.165) is 99.4 Å². The number of amides is 3. The van der Waals surface area contributed by atoms with Crippen LogP contribution in [0.5, 0.6) is 0 Å². The van der Waals surface area contributed by atoms with Gasteiger partial charge < -0.3 is 15.0 Å². The minimum absolute atomic E-state index is 0.0208. The van der Waals surface area contributed by atoms with Crippen LogP contribution in [0.1, 0.15) is 71.6 Å². The molecule has 4 aromatic rings. The second-order valence-corrected chi connectivity index (χ2v) is 14.4. The number of fused-ring (bicyclic) bond motifs is 1. The molecule has 3 aromatic carbocycles. The standard InChI is InChI=1S/C39H44F3N7O4/c40-39(41,42)29-5-2-4-28(21-29)36(52)46-38-44-33-20-27(9-13-34(33)49(38)31-10-7-25(24-50)8-11-31)23-48-17-15-47(16-18-48)22-26-3-1-6-30(19-26)43-32-12-14-35(51)45-37(32)53/h1-6,9,13,19-21,25,31-32,43,50H,7-8,10-12,14-18,22-24H2,(H,44,46,52)(H,45,51,53). The molecule has 53 heavy (non-hydrogen) atoms. The molecule has 3 amide bonds. The number of carbonyl (C=O) groups is 3. The average molecular weight is 732 g/mol. The minimum atomic E-state index is -4.57. The van der Waals surface area contributed by atoms with Crippen LogP contribution < -0.4 is 16.0 Å². The number of benzene rings is 3. The first-order valence-electron chi connectivity index (χ1n) is 18.3. The summed E-state index contributed by atoms with van der Waals surface area (Å²) in [6, 6.07) is 18.1. The zero-order valence-corrected chi connectivity index (χ0v) is 29.4. The Balaban J connectivity index is 1.01. The highest BCUT2D eigenvalue weighted by Crippen LogP contribution is 2.37. The smallest absolute Gasteiger partial charge is 0.396 e. The number of piperazine rings is 1. The van der Waals surface area contributed by atoms with Crippen molar-refractivity contribution in [3.05, 3.63) is 89.0 Å². The number of carbonyl (C=O) groups excluding carboxylic acids is 3. The number of aliphatic hydroxyl groups is 1. The number of hydrogen-bond acceptors (Lipinski definition) is 8. The molecule has 1 saturated carbocycles. The molecule has 2 aliphatic heterocycles. The van der Waals surface area contributed by atoms with Gasteiger partial charge in [-0.15, -0.1) is 0 Å². The number of piperidine rings is 1. The van der Waals surface area contributed by atoms with E-state index in [9.17, 15) is 32.7 Å². The van der Waals surface area contributed by atoms with E-state index in [1.807, 2.05) is 28.8 Å². The van der Waals surface area contributed by atoms with Crippen molar-refractivity contribution in [1.29, 1.82) is 0 Å². The SMILES string of the molecule is O=C1CCC(Nc2cccc(CN3CCN(Cc4ccc5c(c4)nc(NC(=O)c4cccc(C(F)(F)F)c4)n5C4CCC(CO)CC4)CC3)c2)C(=O)N1. The van der Waals surface area contributed by atoms with Gasteiger partial charge in [0.25, 0.3) is 5.91 Å². The summed E-state index contributed by atoms with van der Waals surface area (Å²) >= 11 is 0. The van der Waals surface area contributed by atoms with Crippen LogP contribution in [-0.2, 0) is 28.9 Å². The van der Waals surface area contributed by atoms with Crippen LogP contribution in [0.3, 0.4) is 0 Å². The summed E-state index contributed by atoms with van der Waals surface area (Å²) in [5.74, 6) is -0.662. The number of alkyl halides is 3. The molecule has 3 aliphatic rings. The Bertz CT molecular complexity index is 1970. The second-order valence-electron chi connectivity index (χ2n) is 14.4. The summed E-state index contributed by atoms with van der Waals surface area (Å²) in [7, 11) is 0. The summed E-state index contributed by atoms with van der Waals surface area (Å²) < 4.78 is 42.2. The van der Waals surface area contributed by atoms with Gasteiger partial charge in [0.1, 0.15) is 6.04 Å². The van der Waals surface area contributed by atoms with Gasteiger partial charge in [0.05, 0.1) is 16.6 Å². The molecule has 11 nitrogen and oxygen atoms in total. The number of halogens is 3. The molecule has 14 heteroatoms. The molecule has 1 aromatic heterocycles. The van der Waals surface area contributed by atoms with Crippen molar-refractivity contribution in [3.63, 3.8) is 0 Å². The van der Waals surface area contributed by atoms with Gasteiger partial charge >= 0.3 is 6.18 Å². The van der Waals surface area contributed by atoms with E-state index in [4.69, 9.17) is 4.98 Å².